The molecule has 0 aliphatic carbocycles. The smallest absolute Gasteiger partial charge is 0.244 e. The van der Waals surface area contributed by atoms with Gasteiger partial charge in [-0.3, -0.25) is 9.10 Å². The van der Waals surface area contributed by atoms with Gasteiger partial charge in [-0.1, -0.05) is 47.5 Å². The third-order valence-corrected chi connectivity index (χ3v) is 5.90. The number of halogens is 1. The lowest BCUT2D eigenvalue weighted by Gasteiger charge is -2.30. The van der Waals surface area contributed by atoms with Crippen LogP contribution in [-0.2, 0) is 14.8 Å². The van der Waals surface area contributed by atoms with Gasteiger partial charge < -0.3 is 5.32 Å². The van der Waals surface area contributed by atoms with E-state index in [0.717, 1.165) is 27.3 Å². The maximum atomic E-state index is 12.8. The molecule has 27 heavy (non-hydrogen) atoms. The fraction of sp³-hybridized carbons (Fsp3) is 0.350. The largest absolute Gasteiger partial charge is 0.348 e. The summed E-state index contributed by atoms with van der Waals surface area (Å²) < 4.78 is 26.0. The van der Waals surface area contributed by atoms with E-state index < -0.39 is 16.1 Å². The lowest BCUT2D eigenvalue weighted by molar-refractivity contribution is -0.122. The molecule has 5 nitrogen and oxygen atoms in total. The van der Waals surface area contributed by atoms with Crippen LogP contribution in [0.1, 0.15) is 36.6 Å². The van der Waals surface area contributed by atoms with Crippen LogP contribution in [0, 0.1) is 13.8 Å². The Balaban J connectivity index is 2.30. The highest BCUT2D eigenvalue weighted by atomic mass is 35.5. The van der Waals surface area contributed by atoms with Crippen molar-refractivity contribution in [2.45, 2.75) is 39.8 Å². The molecule has 0 spiro atoms. The maximum Gasteiger partial charge on any atom is 0.244 e. The Morgan fingerprint density at radius 1 is 1.07 bits per heavy atom. The third-order valence-electron chi connectivity index (χ3n) is 4.43. The number of carbonyl (C=O) groups excluding carboxylic acids is 1. The van der Waals surface area contributed by atoms with Crippen LogP contribution in [0.5, 0.6) is 0 Å². The molecule has 2 atom stereocenters. The van der Waals surface area contributed by atoms with E-state index in [2.05, 4.69) is 5.32 Å². The molecule has 0 radical (unpaired) electrons. The van der Waals surface area contributed by atoms with Crippen molar-refractivity contribution in [3.05, 3.63) is 64.2 Å². The molecule has 0 unspecified atom stereocenters. The molecule has 0 saturated heterocycles. The van der Waals surface area contributed by atoms with Gasteiger partial charge in [-0.05, 0) is 51.0 Å². The first-order chi connectivity index (χ1) is 12.5. The number of carbonyl (C=O) groups is 1. The van der Waals surface area contributed by atoms with Crippen LogP contribution in [0.3, 0.4) is 0 Å². The van der Waals surface area contributed by atoms with Crippen molar-refractivity contribution in [3.63, 3.8) is 0 Å². The van der Waals surface area contributed by atoms with Gasteiger partial charge in [-0.15, -0.1) is 0 Å². The van der Waals surface area contributed by atoms with Gasteiger partial charge in [-0.2, -0.15) is 0 Å². The van der Waals surface area contributed by atoms with Gasteiger partial charge in [0.15, 0.2) is 0 Å². The third kappa shape index (κ3) is 5.23. The number of sulfonamides is 1. The number of nitrogens with zero attached hydrogens (tertiary/aromatic N) is 1. The summed E-state index contributed by atoms with van der Waals surface area (Å²) >= 11 is 6.05. The van der Waals surface area contributed by atoms with Crippen LogP contribution in [-0.4, -0.2) is 26.6 Å². The Hall–Kier alpha value is -2.05. The lowest BCUT2D eigenvalue weighted by atomic mass is 10.1. The van der Waals surface area contributed by atoms with E-state index in [1.807, 2.05) is 38.1 Å². The number of aryl methyl sites for hydroxylation is 2. The minimum absolute atomic E-state index is 0.248. The number of anilines is 1. The summed E-state index contributed by atoms with van der Waals surface area (Å²) in [7, 11) is -3.69. The molecule has 0 aromatic heterocycles. The Labute approximate surface area is 166 Å². The van der Waals surface area contributed by atoms with E-state index >= 15 is 0 Å². The fourth-order valence-corrected chi connectivity index (χ4v) is 4.26. The molecule has 1 N–H and O–H groups in total. The molecule has 0 bridgehead atoms. The molecule has 2 aromatic rings. The van der Waals surface area contributed by atoms with Crippen molar-refractivity contribution in [2.24, 2.45) is 0 Å². The Bertz CT molecular complexity index is 927. The first-order valence-electron chi connectivity index (χ1n) is 8.63. The van der Waals surface area contributed by atoms with Crippen molar-refractivity contribution >= 4 is 33.2 Å². The van der Waals surface area contributed by atoms with Crippen LogP contribution in [0.15, 0.2) is 42.5 Å². The van der Waals surface area contributed by atoms with Crippen LogP contribution in [0.4, 0.5) is 5.69 Å². The SMILES string of the molecule is Cc1ccc([C@H](C)NC(=O)[C@@H](C)N(c2cc(Cl)ccc2C)S(C)(=O)=O)cc1. The van der Waals surface area contributed by atoms with Gasteiger partial charge in [0.05, 0.1) is 18.0 Å². The summed E-state index contributed by atoms with van der Waals surface area (Å²) in [4.78, 5) is 12.8. The average Bonchev–Trinajstić information content (AvgIpc) is 2.57. The summed E-state index contributed by atoms with van der Waals surface area (Å²) in [6.07, 6.45) is 1.08. The molecule has 0 fully saturated rings. The highest BCUT2D eigenvalue weighted by molar-refractivity contribution is 7.92. The molecular formula is C20H25ClN2O3S. The van der Waals surface area contributed by atoms with E-state index in [4.69, 9.17) is 11.6 Å². The van der Waals surface area contributed by atoms with Gasteiger partial charge in [0.25, 0.3) is 0 Å². The van der Waals surface area contributed by atoms with E-state index in [0.29, 0.717) is 10.7 Å². The molecule has 0 saturated carbocycles. The minimum Gasteiger partial charge on any atom is -0.348 e. The van der Waals surface area contributed by atoms with Gasteiger partial charge in [-0.25, -0.2) is 8.42 Å². The standard InChI is InChI=1S/C20H25ClN2O3S/c1-13-6-9-17(10-7-13)15(3)22-20(24)16(4)23(27(5,25)26)19-12-18(21)11-8-14(19)2/h6-12,15-16H,1-5H3,(H,22,24)/t15-,16+/m0/s1. The van der Waals surface area contributed by atoms with Gasteiger partial charge in [0.1, 0.15) is 6.04 Å². The van der Waals surface area contributed by atoms with Crippen LogP contribution < -0.4 is 9.62 Å². The van der Waals surface area contributed by atoms with Gasteiger partial charge in [0, 0.05) is 5.02 Å². The van der Waals surface area contributed by atoms with Crippen LogP contribution in [0.25, 0.3) is 0 Å². The summed E-state index contributed by atoms with van der Waals surface area (Å²) in [5, 5.41) is 3.30. The number of nitrogens with one attached hydrogen (secondary N) is 1. The van der Waals surface area contributed by atoms with E-state index in [1.165, 1.54) is 0 Å². The highest BCUT2D eigenvalue weighted by Gasteiger charge is 2.31. The molecule has 7 heteroatoms. The number of amides is 1. The Morgan fingerprint density at radius 2 is 1.67 bits per heavy atom. The van der Waals surface area contributed by atoms with Crippen molar-refractivity contribution in [2.75, 3.05) is 10.6 Å². The minimum atomic E-state index is -3.69. The van der Waals surface area contributed by atoms with Crippen molar-refractivity contribution in [3.8, 4) is 0 Å². The van der Waals surface area contributed by atoms with Crippen molar-refractivity contribution in [1.29, 1.82) is 0 Å². The second kappa shape index (κ2) is 8.31. The zero-order chi connectivity index (χ0) is 20.4. The topological polar surface area (TPSA) is 66.5 Å². The highest BCUT2D eigenvalue weighted by Crippen LogP contribution is 2.28. The first kappa shape index (κ1) is 21.3. The lowest BCUT2D eigenvalue weighted by Crippen LogP contribution is -2.48. The van der Waals surface area contributed by atoms with Crippen LogP contribution in [0.2, 0.25) is 5.02 Å². The van der Waals surface area contributed by atoms with Gasteiger partial charge in [0.2, 0.25) is 15.9 Å². The van der Waals surface area contributed by atoms with Crippen molar-refractivity contribution < 1.29 is 13.2 Å². The zero-order valence-electron chi connectivity index (χ0n) is 16.2. The Kier molecular flexibility index (Phi) is 6.54. The molecular weight excluding hydrogens is 384 g/mol. The molecule has 2 aromatic carbocycles. The summed E-state index contributed by atoms with van der Waals surface area (Å²) in [6.45, 7) is 7.21. The van der Waals surface area contributed by atoms with Gasteiger partial charge >= 0.3 is 0 Å². The van der Waals surface area contributed by atoms with Crippen LogP contribution >= 0.6 is 11.6 Å². The maximum absolute atomic E-state index is 12.8. The number of hydrogen-bond donors (Lipinski definition) is 1. The van der Waals surface area contributed by atoms with E-state index in [9.17, 15) is 13.2 Å². The number of benzene rings is 2. The first-order valence-corrected chi connectivity index (χ1v) is 10.9. The molecule has 0 aliphatic heterocycles. The predicted molar refractivity (Wildman–Crippen MR) is 111 cm³/mol. The second-order valence-corrected chi connectivity index (χ2v) is 9.10. The quantitative estimate of drug-likeness (QED) is 0.785. The van der Waals surface area contributed by atoms with E-state index in [1.54, 1.807) is 32.0 Å². The zero-order valence-corrected chi connectivity index (χ0v) is 17.7. The monoisotopic (exact) mass is 408 g/mol. The van der Waals surface area contributed by atoms with Crippen molar-refractivity contribution in [1.82, 2.24) is 5.32 Å². The summed E-state index contributed by atoms with van der Waals surface area (Å²) in [5.41, 5.74) is 3.20. The fourth-order valence-electron chi connectivity index (χ4n) is 2.87. The van der Waals surface area contributed by atoms with E-state index in [-0.39, 0.29) is 11.9 Å². The molecule has 2 rings (SSSR count). The molecule has 1 amide bonds. The number of hydrogen-bond acceptors (Lipinski definition) is 3. The molecule has 0 aliphatic rings. The summed E-state index contributed by atoms with van der Waals surface area (Å²) in [5.74, 6) is -0.382. The number of rotatable bonds is 6. The molecule has 0 heterocycles. The average molecular weight is 409 g/mol. The predicted octanol–water partition coefficient (Wildman–Crippen LogP) is 3.99. The second-order valence-electron chi connectivity index (χ2n) is 6.81. The summed E-state index contributed by atoms with van der Waals surface area (Å²) in [6, 6.07) is 11.6. The normalized spacial score (nSPS) is 13.7. The molecule has 146 valence electrons. The Morgan fingerprint density at radius 3 is 2.22 bits per heavy atom.